The molecule has 0 aliphatic heterocycles. The van der Waals surface area contributed by atoms with Crippen LogP contribution in [0.25, 0.3) is 10.2 Å². The van der Waals surface area contributed by atoms with Crippen LogP contribution in [-0.4, -0.2) is 27.5 Å². The van der Waals surface area contributed by atoms with Gasteiger partial charge in [-0.25, -0.2) is 9.97 Å². The zero-order chi connectivity index (χ0) is 13.0. The highest BCUT2D eigenvalue weighted by molar-refractivity contribution is 8.00. The van der Waals surface area contributed by atoms with Gasteiger partial charge >= 0.3 is 0 Å². The van der Waals surface area contributed by atoms with E-state index in [-0.39, 0.29) is 17.6 Å². The quantitative estimate of drug-likeness (QED) is 0.497. The average Bonchev–Trinajstić information content (AvgIpc) is 2.82. The van der Waals surface area contributed by atoms with Gasteiger partial charge in [0.15, 0.2) is 0 Å². The van der Waals surface area contributed by atoms with Gasteiger partial charge in [0.2, 0.25) is 11.8 Å². The SMILES string of the molecule is CC(=O)NNC(=O)CSc1ncnc2sccc12. The fourth-order valence-electron chi connectivity index (χ4n) is 1.21. The van der Waals surface area contributed by atoms with E-state index in [1.807, 2.05) is 11.4 Å². The fourth-order valence-corrected chi connectivity index (χ4v) is 2.79. The Hall–Kier alpha value is -1.67. The minimum Gasteiger partial charge on any atom is -0.274 e. The molecule has 6 nitrogen and oxygen atoms in total. The van der Waals surface area contributed by atoms with Crippen LogP contribution < -0.4 is 10.9 Å². The summed E-state index contributed by atoms with van der Waals surface area (Å²) in [5.41, 5.74) is 4.53. The van der Waals surface area contributed by atoms with Gasteiger partial charge in [0.05, 0.1) is 5.75 Å². The highest BCUT2D eigenvalue weighted by Crippen LogP contribution is 2.27. The third-order valence-corrected chi connectivity index (χ3v) is 3.77. The van der Waals surface area contributed by atoms with E-state index >= 15 is 0 Å². The molecule has 0 saturated carbocycles. The molecule has 18 heavy (non-hydrogen) atoms. The van der Waals surface area contributed by atoms with E-state index < -0.39 is 0 Å². The molecule has 2 N–H and O–H groups in total. The summed E-state index contributed by atoms with van der Waals surface area (Å²) in [6.45, 7) is 1.33. The van der Waals surface area contributed by atoms with Crippen molar-refractivity contribution in [3.8, 4) is 0 Å². The molecule has 0 aliphatic rings. The molecule has 2 aromatic rings. The Morgan fingerprint density at radius 1 is 1.39 bits per heavy atom. The zero-order valence-corrected chi connectivity index (χ0v) is 11.1. The average molecular weight is 282 g/mol. The van der Waals surface area contributed by atoms with Crippen molar-refractivity contribution in [1.82, 2.24) is 20.8 Å². The lowest BCUT2D eigenvalue weighted by molar-refractivity contribution is -0.126. The van der Waals surface area contributed by atoms with E-state index in [1.165, 1.54) is 36.3 Å². The van der Waals surface area contributed by atoms with Crippen molar-refractivity contribution in [2.75, 3.05) is 5.75 Å². The third kappa shape index (κ3) is 3.17. The van der Waals surface area contributed by atoms with E-state index in [9.17, 15) is 9.59 Å². The largest absolute Gasteiger partial charge is 0.274 e. The number of hydrogen-bond donors (Lipinski definition) is 2. The smallest absolute Gasteiger partial charge is 0.248 e. The monoisotopic (exact) mass is 282 g/mol. The predicted octanol–water partition coefficient (Wildman–Crippen LogP) is 0.951. The molecule has 2 rings (SSSR count). The zero-order valence-electron chi connectivity index (χ0n) is 9.47. The number of nitrogens with one attached hydrogen (secondary N) is 2. The number of carbonyl (C=O) groups is 2. The second-order valence-corrected chi connectivity index (χ2v) is 5.19. The van der Waals surface area contributed by atoms with Crippen molar-refractivity contribution in [1.29, 1.82) is 0 Å². The minimum absolute atomic E-state index is 0.183. The molecule has 0 fully saturated rings. The second-order valence-electron chi connectivity index (χ2n) is 3.34. The van der Waals surface area contributed by atoms with Crippen LogP contribution in [0.4, 0.5) is 0 Å². The van der Waals surface area contributed by atoms with Gasteiger partial charge in [-0.1, -0.05) is 11.8 Å². The number of aromatic nitrogens is 2. The van der Waals surface area contributed by atoms with Crippen LogP contribution >= 0.6 is 23.1 Å². The first-order chi connectivity index (χ1) is 8.66. The Bertz CT molecular complexity index is 584. The molecule has 0 radical (unpaired) electrons. The minimum atomic E-state index is -0.310. The summed E-state index contributed by atoms with van der Waals surface area (Å²) >= 11 is 2.83. The molecular weight excluding hydrogens is 272 g/mol. The van der Waals surface area contributed by atoms with Crippen LogP contribution in [0.1, 0.15) is 6.92 Å². The summed E-state index contributed by atoms with van der Waals surface area (Å²) in [6, 6.07) is 1.92. The maximum atomic E-state index is 11.4. The topological polar surface area (TPSA) is 84.0 Å². The highest BCUT2D eigenvalue weighted by Gasteiger charge is 2.08. The maximum absolute atomic E-state index is 11.4. The molecule has 0 bridgehead atoms. The summed E-state index contributed by atoms with van der Waals surface area (Å²) in [5, 5.41) is 3.64. The summed E-state index contributed by atoms with van der Waals surface area (Å²) in [7, 11) is 0. The number of thiophene rings is 1. The van der Waals surface area contributed by atoms with Gasteiger partial charge in [-0.2, -0.15) is 0 Å². The summed E-state index contributed by atoms with van der Waals surface area (Å²) in [6.07, 6.45) is 1.48. The summed E-state index contributed by atoms with van der Waals surface area (Å²) < 4.78 is 0. The van der Waals surface area contributed by atoms with Crippen molar-refractivity contribution in [3.63, 3.8) is 0 Å². The molecule has 0 aliphatic carbocycles. The molecule has 94 valence electrons. The standard InChI is InChI=1S/C10H10N4O2S2/c1-6(15)13-14-8(16)4-18-10-7-2-3-17-9(7)11-5-12-10/h2-3,5H,4H2,1H3,(H,13,15)(H,14,16). The van der Waals surface area contributed by atoms with E-state index in [1.54, 1.807) is 0 Å². The van der Waals surface area contributed by atoms with Crippen LogP contribution in [-0.2, 0) is 9.59 Å². The van der Waals surface area contributed by atoms with Crippen LogP contribution in [0.5, 0.6) is 0 Å². The van der Waals surface area contributed by atoms with E-state index in [0.717, 1.165) is 15.2 Å². The van der Waals surface area contributed by atoms with Gasteiger partial charge in [-0.3, -0.25) is 20.4 Å². The van der Waals surface area contributed by atoms with Gasteiger partial charge in [-0.05, 0) is 11.4 Å². The molecule has 8 heteroatoms. The van der Waals surface area contributed by atoms with E-state index in [0.29, 0.717) is 0 Å². The summed E-state index contributed by atoms with van der Waals surface area (Å²) in [5.74, 6) is -0.407. The lowest BCUT2D eigenvalue weighted by atomic mass is 10.4. The Morgan fingerprint density at radius 3 is 3.00 bits per heavy atom. The number of hydrogen-bond acceptors (Lipinski definition) is 6. The fraction of sp³-hybridized carbons (Fsp3) is 0.200. The first-order valence-electron chi connectivity index (χ1n) is 5.03. The normalized spacial score (nSPS) is 10.3. The number of thioether (sulfide) groups is 1. The van der Waals surface area contributed by atoms with Crippen LogP contribution in [0.15, 0.2) is 22.8 Å². The lowest BCUT2D eigenvalue weighted by Gasteiger charge is -2.04. The molecule has 0 saturated heterocycles. The maximum Gasteiger partial charge on any atom is 0.248 e. The molecule has 0 spiro atoms. The molecule has 2 amide bonds. The molecule has 0 atom stereocenters. The van der Waals surface area contributed by atoms with Crippen molar-refractivity contribution in [2.24, 2.45) is 0 Å². The van der Waals surface area contributed by atoms with Crippen molar-refractivity contribution in [2.45, 2.75) is 11.9 Å². The number of hydrazine groups is 1. The number of fused-ring (bicyclic) bond motifs is 1. The molecule has 0 unspecified atom stereocenters. The molecule has 2 aromatic heterocycles. The third-order valence-electron chi connectivity index (χ3n) is 1.94. The molecule has 2 heterocycles. The van der Waals surface area contributed by atoms with E-state index in [4.69, 9.17) is 0 Å². The lowest BCUT2D eigenvalue weighted by Crippen LogP contribution is -2.41. The number of amides is 2. The Kier molecular flexibility index (Phi) is 4.11. The predicted molar refractivity (Wildman–Crippen MR) is 70.1 cm³/mol. The number of rotatable bonds is 3. The van der Waals surface area contributed by atoms with Gasteiger partial charge in [-0.15, -0.1) is 11.3 Å². The van der Waals surface area contributed by atoms with Crippen molar-refractivity contribution in [3.05, 3.63) is 17.8 Å². The van der Waals surface area contributed by atoms with Gasteiger partial charge in [0, 0.05) is 12.3 Å². The second kappa shape index (κ2) is 5.78. The summed E-state index contributed by atoms with van der Waals surface area (Å²) in [4.78, 5) is 31.2. The van der Waals surface area contributed by atoms with Crippen LogP contribution in [0.3, 0.4) is 0 Å². The van der Waals surface area contributed by atoms with Crippen molar-refractivity contribution >= 4 is 45.1 Å². The first kappa shape index (κ1) is 12.8. The van der Waals surface area contributed by atoms with Crippen LogP contribution in [0.2, 0.25) is 0 Å². The number of nitrogens with zero attached hydrogens (tertiary/aromatic N) is 2. The first-order valence-corrected chi connectivity index (χ1v) is 6.90. The van der Waals surface area contributed by atoms with Crippen molar-refractivity contribution < 1.29 is 9.59 Å². The Morgan fingerprint density at radius 2 is 2.22 bits per heavy atom. The number of carbonyl (C=O) groups excluding carboxylic acids is 2. The highest BCUT2D eigenvalue weighted by atomic mass is 32.2. The molecule has 0 aromatic carbocycles. The Balaban J connectivity index is 1.96. The molecular formula is C10H10N4O2S2. The Labute approximate surface area is 111 Å². The van der Waals surface area contributed by atoms with Gasteiger partial charge < -0.3 is 0 Å². The van der Waals surface area contributed by atoms with E-state index in [2.05, 4.69) is 20.8 Å². The van der Waals surface area contributed by atoms with Gasteiger partial charge in [0.1, 0.15) is 16.2 Å². The van der Waals surface area contributed by atoms with Gasteiger partial charge in [0.25, 0.3) is 0 Å². The van der Waals surface area contributed by atoms with Crippen LogP contribution in [0, 0.1) is 0 Å².